The van der Waals surface area contributed by atoms with Gasteiger partial charge in [0.2, 0.25) is 0 Å². The van der Waals surface area contributed by atoms with E-state index in [-0.39, 0.29) is 0 Å². The molecule has 0 saturated carbocycles. The van der Waals surface area contributed by atoms with Gasteiger partial charge in [0.05, 0.1) is 18.3 Å². The molecular weight excluding hydrogens is 238 g/mol. The van der Waals surface area contributed by atoms with Crippen molar-refractivity contribution in [2.45, 2.75) is 0 Å². The molecular formula is C15H13N3O. The van der Waals surface area contributed by atoms with Crippen LogP contribution in [-0.2, 0) is 0 Å². The quantitative estimate of drug-likeness (QED) is 0.760. The molecule has 2 aromatic heterocycles. The number of rotatable bonds is 2. The number of hydrogen-bond donors (Lipinski definition) is 1. The molecule has 4 nitrogen and oxygen atoms in total. The summed E-state index contributed by atoms with van der Waals surface area (Å²) < 4.78 is 5.11. The van der Waals surface area contributed by atoms with Gasteiger partial charge >= 0.3 is 0 Å². The molecule has 0 aliphatic carbocycles. The zero-order valence-electron chi connectivity index (χ0n) is 10.5. The summed E-state index contributed by atoms with van der Waals surface area (Å²) in [6.45, 7) is 0. The Hall–Kier alpha value is -2.62. The van der Waals surface area contributed by atoms with E-state index >= 15 is 0 Å². The normalized spacial score (nSPS) is 10.6. The van der Waals surface area contributed by atoms with Crippen LogP contribution in [0, 0.1) is 0 Å². The Kier molecular flexibility index (Phi) is 2.76. The summed E-state index contributed by atoms with van der Waals surface area (Å²) in [4.78, 5) is 8.65. The highest BCUT2D eigenvalue weighted by Gasteiger charge is 2.05. The monoisotopic (exact) mass is 251 g/mol. The Morgan fingerprint density at radius 2 is 2.00 bits per heavy atom. The van der Waals surface area contributed by atoms with Gasteiger partial charge in [-0.05, 0) is 30.3 Å². The van der Waals surface area contributed by atoms with Crippen molar-refractivity contribution >= 4 is 16.7 Å². The summed E-state index contributed by atoms with van der Waals surface area (Å²) in [5, 5.41) is 1.08. The Morgan fingerprint density at radius 3 is 2.79 bits per heavy atom. The molecule has 0 aliphatic rings. The van der Waals surface area contributed by atoms with E-state index in [1.165, 1.54) is 0 Å². The number of nitrogens with zero attached hydrogens (tertiary/aromatic N) is 2. The van der Waals surface area contributed by atoms with Gasteiger partial charge in [0, 0.05) is 17.1 Å². The fourth-order valence-corrected chi connectivity index (χ4v) is 2.03. The fraction of sp³-hybridized carbons (Fsp3) is 0.0667. The molecule has 0 bridgehead atoms. The Balaban J connectivity index is 2.11. The second-order valence-corrected chi connectivity index (χ2v) is 4.19. The molecule has 2 N–H and O–H groups in total. The van der Waals surface area contributed by atoms with Crippen LogP contribution in [0.4, 0.5) is 5.82 Å². The number of methoxy groups -OCH3 is 1. The van der Waals surface area contributed by atoms with Crippen LogP contribution in [0.15, 0.2) is 48.7 Å². The number of nitrogens with two attached hydrogens (primary N) is 1. The minimum Gasteiger partial charge on any atom is -0.493 e. The minimum atomic E-state index is 0.395. The van der Waals surface area contributed by atoms with Crippen LogP contribution in [-0.4, -0.2) is 17.1 Å². The lowest BCUT2D eigenvalue weighted by Crippen LogP contribution is -1.96. The first-order valence-electron chi connectivity index (χ1n) is 5.93. The van der Waals surface area contributed by atoms with E-state index in [0.717, 1.165) is 22.2 Å². The van der Waals surface area contributed by atoms with Crippen LogP contribution < -0.4 is 10.5 Å². The van der Waals surface area contributed by atoms with E-state index in [2.05, 4.69) is 16.0 Å². The van der Waals surface area contributed by atoms with Gasteiger partial charge in [-0.3, -0.25) is 4.98 Å². The van der Waals surface area contributed by atoms with E-state index in [0.29, 0.717) is 11.6 Å². The van der Waals surface area contributed by atoms with E-state index < -0.39 is 0 Å². The molecule has 0 atom stereocenters. The molecule has 0 spiro atoms. The summed E-state index contributed by atoms with van der Waals surface area (Å²) >= 11 is 0. The standard InChI is InChI=1S/C15H13N3O/c1-19-14-7-6-13(18-15(14)16)11-4-5-12-10(9-11)3-2-8-17-12/h2-9H,1H3,(H2,16,18). The lowest BCUT2D eigenvalue weighted by molar-refractivity contribution is 0.415. The first-order valence-corrected chi connectivity index (χ1v) is 5.93. The van der Waals surface area contributed by atoms with Crippen molar-refractivity contribution in [1.29, 1.82) is 0 Å². The van der Waals surface area contributed by atoms with Gasteiger partial charge < -0.3 is 10.5 Å². The van der Waals surface area contributed by atoms with Crippen LogP contribution in [0.25, 0.3) is 22.2 Å². The van der Waals surface area contributed by atoms with Crippen LogP contribution in [0.3, 0.4) is 0 Å². The zero-order chi connectivity index (χ0) is 13.2. The Bertz CT molecular complexity index is 740. The summed E-state index contributed by atoms with van der Waals surface area (Å²) in [5.41, 5.74) is 8.63. The molecule has 2 heterocycles. The van der Waals surface area contributed by atoms with Gasteiger partial charge in [-0.15, -0.1) is 0 Å². The second kappa shape index (κ2) is 4.57. The van der Waals surface area contributed by atoms with E-state index in [9.17, 15) is 0 Å². The van der Waals surface area contributed by atoms with E-state index in [4.69, 9.17) is 10.5 Å². The molecule has 0 unspecified atom stereocenters. The maximum atomic E-state index is 5.83. The maximum Gasteiger partial charge on any atom is 0.166 e. The summed E-state index contributed by atoms with van der Waals surface area (Å²) in [7, 11) is 1.58. The number of nitrogen functional groups attached to an aromatic ring is 1. The third-order valence-corrected chi connectivity index (χ3v) is 3.00. The molecule has 0 aliphatic heterocycles. The fourth-order valence-electron chi connectivity index (χ4n) is 2.03. The van der Waals surface area contributed by atoms with Crippen molar-refractivity contribution in [3.05, 3.63) is 48.7 Å². The summed E-state index contributed by atoms with van der Waals surface area (Å²) in [5.74, 6) is 0.984. The molecule has 3 aromatic rings. The van der Waals surface area contributed by atoms with E-state index in [1.807, 2.05) is 36.4 Å². The van der Waals surface area contributed by atoms with Crippen LogP contribution in [0.2, 0.25) is 0 Å². The van der Waals surface area contributed by atoms with Gasteiger partial charge in [-0.25, -0.2) is 4.98 Å². The highest BCUT2D eigenvalue weighted by Crippen LogP contribution is 2.26. The Labute approximate surface area is 110 Å². The second-order valence-electron chi connectivity index (χ2n) is 4.19. The van der Waals surface area contributed by atoms with Gasteiger partial charge in [0.25, 0.3) is 0 Å². The van der Waals surface area contributed by atoms with Gasteiger partial charge in [0.1, 0.15) is 0 Å². The third kappa shape index (κ3) is 2.08. The number of aromatic nitrogens is 2. The molecule has 0 saturated heterocycles. The number of ether oxygens (including phenoxy) is 1. The lowest BCUT2D eigenvalue weighted by atomic mass is 10.1. The smallest absolute Gasteiger partial charge is 0.166 e. The number of anilines is 1. The van der Waals surface area contributed by atoms with Gasteiger partial charge in [-0.2, -0.15) is 0 Å². The van der Waals surface area contributed by atoms with Gasteiger partial charge in [-0.1, -0.05) is 12.1 Å². The predicted molar refractivity (Wildman–Crippen MR) is 75.9 cm³/mol. The molecule has 19 heavy (non-hydrogen) atoms. The Morgan fingerprint density at radius 1 is 1.11 bits per heavy atom. The van der Waals surface area contributed by atoms with Crippen LogP contribution in [0.1, 0.15) is 0 Å². The highest BCUT2D eigenvalue weighted by molar-refractivity contribution is 5.83. The SMILES string of the molecule is COc1ccc(-c2ccc3ncccc3c2)nc1N. The molecule has 0 amide bonds. The predicted octanol–water partition coefficient (Wildman–Crippen LogP) is 2.89. The van der Waals surface area contributed by atoms with Crippen LogP contribution in [0.5, 0.6) is 5.75 Å². The molecule has 4 heteroatoms. The first kappa shape index (κ1) is 11.5. The third-order valence-electron chi connectivity index (χ3n) is 3.00. The van der Waals surface area contributed by atoms with Crippen molar-refractivity contribution in [2.24, 2.45) is 0 Å². The van der Waals surface area contributed by atoms with Crippen molar-refractivity contribution in [1.82, 2.24) is 9.97 Å². The summed E-state index contributed by atoms with van der Waals surface area (Å²) in [6.07, 6.45) is 1.78. The van der Waals surface area contributed by atoms with Crippen molar-refractivity contribution in [3.63, 3.8) is 0 Å². The first-order chi connectivity index (χ1) is 9.28. The molecule has 1 aromatic carbocycles. The number of hydrogen-bond acceptors (Lipinski definition) is 4. The lowest BCUT2D eigenvalue weighted by Gasteiger charge is -2.07. The van der Waals surface area contributed by atoms with Crippen molar-refractivity contribution < 1.29 is 4.74 Å². The number of benzene rings is 1. The molecule has 0 radical (unpaired) electrons. The number of fused-ring (bicyclic) bond motifs is 1. The van der Waals surface area contributed by atoms with Crippen LogP contribution >= 0.6 is 0 Å². The minimum absolute atomic E-state index is 0.395. The largest absolute Gasteiger partial charge is 0.493 e. The van der Waals surface area contributed by atoms with Gasteiger partial charge in [0.15, 0.2) is 11.6 Å². The zero-order valence-corrected chi connectivity index (χ0v) is 10.5. The summed E-state index contributed by atoms with van der Waals surface area (Å²) in [6, 6.07) is 13.7. The average Bonchev–Trinajstić information content (AvgIpc) is 2.46. The topological polar surface area (TPSA) is 61.0 Å². The van der Waals surface area contributed by atoms with Crippen molar-refractivity contribution in [3.8, 4) is 17.0 Å². The van der Waals surface area contributed by atoms with E-state index in [1.54, 1.807) is 13.3 Å². The average molecular weight is 251 g/mol. The molecule has 0 fully saturated rings. The van der Waals surface area contributed by atoms with Crippen molar-refractivity contribution in [2.75, 3.05) is 12.8 Å². The number of pyridine rings is 2. The molecule has 3 rings (SSSR count). The molecule has 94 valence electrons. The highest BCUT2D eigenvalue weighted by atomic mass is 16.5. The maximum absolute atomic E-state index is 5.83.